The summed E-state index contributed by atoms with van der Waals surface area (Å²) in [6, 6.07) is 0. The fraction of sp³-hybridized carbons (Fsp3) is 1.00. The van der Waals surface area contributed by atoms with Gasteiger partial charge in [0.25, 0.3) is 0 Å². The Morgan fingerprint density at radius 1 is 1.27 bits per heavy atom. The third-order valence-corrected chi connectivity index (χ3v) is 3.35. The average molecular weight is 179 g/mol. The van der Waals surface area contributed by atoms with Gasteiger partial charge < -0.3 is 4.90 Å². The third kappa shape index (κ3) is 2.43. The minimum atomic E-state index is -2.93. The first-order valence-corrected chi connectivity index (χ1v) is 5.61. The van der Waals surface area contributed by atoms with Gasteiger partial charge in [0.1, 0.15) is 0 Å². The molecule has 0 unspecified atom stereocenters. The van der Waals surface area contributed by atoms with Gasteiger partial charge in [0, 0.05) is 0 Å². The highest BCUT2D eigenvalue weighted by molar-refractivity contribution is 7.88. The zero-order valence-corrected chi connectivity index (χ0v) is 7.82. The van der Waals surface area contributed by atoms with Gasteiger partial charge >= 0.3 is 0 Å². The van der Waals surface area contributed by atoms with Crippen LogP contribution in [-0.2, 0) is 10.0 Å². The van der Waals surface area contributed by atoms with Crippen molar-refractivity contribution in [1.82, 2.24) is 4.31 Å². The molecule has 11 heavy (non-hydrogen) atoms. The van der Waals surface area contributed by atoms with Crippen LogP contribution in [0.4, 0.5) is 0 Å². The molecule has 0 atom stereocenters. The van der Waals surface area contributed by atoms with Crippen LogP contribution in [0, 0.1) is 0 Å². The first-order chi connectivity index (χ1) is 5.00. The second kappa shape index (κ2) is 3.08. The van der Waals surface area contributed by atoms with E-state index in [0.29, 0.717) is 13.1 Å². The van der Waals surface area contributed by atoms with Crippen LogP contribution < -0.4 is 4.90 Å². The normalized spacial score (nSPS) is 23.8. The van der Waals surface area contributed by atoms with Crippen LogP contribution >= 0.6 is 0 Å². The van der Waals surface area contributed by atoms with E-state index in [-0.39, 0.29) is 0 Å². The Hall–Kier alpha value is -0.130. The molecule has 1 N–H and O–H groups in total. The lowest BCUT2D eigenvalue weighted by atomic mass is 10.4. The fourth-order valence-corrected chi connectivity index (χ4v) is 2.05. The first kappa shape index (κ1) is 8.96. The smallest absolute Gasteiger partial charge is 0.211 e. The molecule has 1 aliphatic rings. The molecule has 1 saturated heterocycles. The molecule has 0 aromatic rings. The van der Waals surface area contributed by atoms with E-state index in [9.17, 15) is 8.42 Å². The highest BCUT2D eigenvalue weighted by Gasteiger charge is 2.23. The summed E-state index contributed by atoms with van der Waals surface area (Å²) >= 11 is 0. The maximum Gasteiger partial charge on any atom is 0.211 e. The number of sulfonamides is 1. The molecule has 0 saturated carbocycles. The predicted molar refractivity (Wildman–Crippen MR) is 43.0 cm³/mol. The van der Waals surface area contributed by atoms with Crippen LogP contribution in [0.3, 0.4) is 0 Å². The quantitative estimate of drug-likeness (QED) is 0.495. The summed E-state index contributed by atoms with van der Waals surface area (Å²) in [6.45, 7) is 3.19. The average Bonchev–Trinajstić information content (AvgIpc) is 1.86. The van der Waals surface area contributed by atoms with E-state index in [1.54, 1.807) is 4.31 Å². The van der Waals surface area contributed by atoms with E-state index in [4.69, 9.17) is 0 Å². The fourth-order valence-electron chi connectivity index (χ4n) is 1.20. The molecular formula is C6H15N2O2S+. The van der Waals surface area contributed by atoms with Crippen molar-refractivity contribution in [2.75, 3.05) is 39.5 Å². The Kier molecular flexibility index (Phi) is 2.51. The number of rotatable bonds is 1. The molecule has 0 amide bonds. The topological polar surface area (TPSA) is 41.8 Å². The van der Waals surface area contributed by atoms with Crippen molar-refractivity contribution in [2.24, 2.45) is 0 Å². The molecule has 0 aromatic heterocycles. The van der Waals surface area contributed by atoms with E-state index in [2.05, 4.69) is 7.05 Å². The summed E-state index contributed by atoms with van der Waals surface area (Å²) in [5, 5.41) is 0. The number of piperazine rings is 1. The van der Waals surface area contributed by atoms with Gasteiger partial charge in [0.05, 0.1) is 39.5 Å². The monoisotopic (exact) mass is 179 g/mol. The molecule has 1 heterocycles. The minimum absolute atomic E-state index is 0.671. The number of hydrogen-bond donors (Lipinski definition) is 1. The predicted octanol–water partition coefficient (Wildman–Crippen LogP) is -2.22. The molecule has 0 bridgehead atoms. The Morgan fingerprint density at radius 3 is 2.09 bits per heavy atom. The van der Waals surface area contributed by atoms with Gasteiger partial charge in [-0.2, -0.15) is 4.31 Å². The van der Waals surface area contributed by atoms with Crippen molar-refractivity contribution < 1.29 is 13.3 Å². The van der Waals surface area contributed by atoms with Crippen LogP contribution in [0.15, 0.2) is 0 Å². The number of hydrogen-bond acceptors (Lipinski definition) is 2. The number of nitrogens with one attached hydrogen (secondary N) is 1. The van der Waals surface area contributed by atoms with Crippen molar-refractivity contribution >= 4 is 10.0 Å². The van der Waals surface area contributed by atoms with E-state index in [1.807, 2.05) is 0 Å². The van der Waals surface area contributed by atoms with Crippen LogP contribution in [0.25, 0.3) is 0 Å². The standard InChI is InChI=1S/C6H14N2O2S/c1-7-3-5-8(6-4-7)11(2,9)10/h3-6H2,1-2H3/p+1. The molecule has 66 valence electrons. The lowest BCUT2D eigenvalue weighted by Crippen LogP contribution is -3.12. The SMILES string of the molecule is C[NH+]1CCN(S(C)(=O)=O)CC1. The minimum Gasteiger partial charge on any atom is -0.335 e. The van der Waals surface area contributed by atoms with Crippen LogP contribution in [0.1, 0.15) is 0 Å². The maximum absolute atomic E-state index is 11.0. The Balaban J connectivity index is 2.53. The highest BCUT2D eigenvalue weighted by Crippen LogP contribution is 1.96. The van der Waals surface area contributed by atoms with Gasteiger partial charge in [-0.1, -0.05) is 0 Å². The van der Waals surface area contributed by atoms with Gasteiger partial charge in [0.15, 0.2) is 0 Å². The summed E-state index contributed by atoms with van der Waals surface area (Å²) in [7, 11) is -0.846. The van der Waals surface area contributed by atoms with Gasteiger partial charge in [-0.3, -0.25) is 0 Å². The lowest BCUT2D eigenvalue weighted by molar-refractivity contribution is -0.883. The van der Waals surface area contributed by atoms with Gasteiger partial charge in [-0.05, 0) is 0 Å². The Bertz CT molecular complexity index is 217. The first-order valence-electron chi connectivity index (χ1n) is 3.76. The van der Waals surface area contributed by atoms with Gasteiger partial charge in [0.2, 0.25) is 10.0 Å². The van der Waals surface area contributed by atoms with Crippen LogP contribution in [0.5, 0.6) is 0 Å². The molecule has 1 aliphatic heterocycles. The lowest BCUT2D eigenvalue weighted by Gasteiger charge is -2.27. The number of quaternary nitrogens is 1. The van der Waals surface area contributed by atoms with E-state index in [0.717, 1.165) is 13.1 Å². The summed E-state index contributed by atoms with van der Waals surface area (Å²) in [5.74, 6) is 0. The molecule has 1 fully saturated rings. The number of nitrogens with zero attached hydrogens (tertiary/aromatic N) is 1. The summed E-state index contributed by atoms with van der Waals surface area (Å²) in [4.78, 5) is 1.41. The summed E-state index contributed by atoms with van der Waals surface area (Å²) in [5.41, 5.74) is 0. The second-order valence-electron chi connectivity index (χ2n) is 3.12. The third-order valence-electron chi connectivity index (χ3n) is 2.04. The molecule has 0 aromatic carbocycles. The molecule has 0 aliphatic carbocycles. The van der Waals surface area contributed by atoms with Crippen molar-refractivity contribution in [3.63, 3.8) is 0 Å². The van der Waals surface area contributed by atoms with Crippen molar-refractivity contribution in [1.29, 1.82) is 0 Å². The van der Waals surface area contributed by atoms with Crippen LogP contribution in [0.2, 0.25) is 0 Å². The summed E-state index contributed by atoms with van der Waals surface area (Å²) < 4.78 is 23.6. The molecule has 0 spiro atoms. The van der Waals surface area contributed by atoms with E-state index >= 15 is 0 Å². The molecule has 5 heteroatoms. The molecular weight excluding hydrogens is 164 g/mol. The van der Waals surface area contributed by atoms with Crippen molar-refractivity contribution in [3.05, 3.63) is 0 Å². The summed E-state index contributed by atoms with van der Waals surface area (Å²) in [6.07, 6.45) is 1.27. The number of likely N-dealkylation sites (N-methyl/N-ethyl adjacent to an activating group) is 1. The highest BCUT2D eigenvalue weighted by atomic mass is 32.2. The maximum atomic E-state index is 11.0. The zero-order chi connectivity index (χ0) is 8.48. The Labute approximate surface area is 67.8 Å². The molecule has 4 nitrogen and oxygen atoms in total. The van der Waals surface area contributed by atoms with E-state index in [1.165, 1.54) is 11.2 Å². The van der Waals surface area contributed by atoms with Crippen LogP contribution in [-0.4, -0.2) is 52.2 Å². The van der Waals surface area contributed by atoms with E-state index < -0.39 is 10.0 Å². The zero-order valence-electron chi connectivity index (χ0n) is 7.00. The van der Waals surface area contributed by atoms with Crippen molar-refractivity contribution in [3.8, 4) is 0 Å². The van der Waals surface area contributed by atoms with Crippen molar-refractivity contribution in [2.45, 2.75) is 0 Å². The second-order valence-corrected chi connectivity index (χ2v) is 5.10. The molecule has 1 rings (SSSR count). The van der Waals surface area contributed by atoms with Gasteiger partial charge in [-0.25, -0.2) is 8.42 Å². The largest absolute Gasteiger partial charge is 0.335 e. The Morgan fingerprint density at radius 2 is 1.73 bits per heavy atom. The van der Waals surface area contributed by atoms with Gasteiger partial charge in [-0.15, -0.1) is 0 Å². The molecule has 0 radical (unpaired) electrons.